The number of methoxy groups -OCH3 is 1. The Morgan fingerprint density at radius 1 is 1.31 bits per heavy atom. The van der Waals surface area contributed by atoms with E-state index in [1.54, 1.807) is 7.11 Å². The zero-order chi connectivity index (χ0) is 10.3. The number of nitrogens with zero attached hydrogens (tertiary/aromatic N) is 1. The molecule has 0 fully saturated rings. The summed E-state index contributed by atoms with van der Waals surface area (Å²) < 4.78 is 5.02. The first-order valence-electron chi connectivity index (χ1n) is 5.02. The number of rotatable bonds is 7. The highest BCUT2D eigenvalue weighted by molar-refractivity contribution is 4.65. The van der Waals surface area contributed by atoms with E-state index in [-0.39, 0.29) is 0 Å². The minimum atomic E-state index is 0.318. The van der Waals surface area contributed by atoms with Gasteiger partial charge in [-0.3, -0.25) is 0 Å². The molecule has 0 aromatic carbocycles. The molecular formula is C10H24N2O. The van der Waals surface area contributed by atoms with Crippen LogP contribution in [-0.2, 0) is 4.74 Å². The molecule has 0 amide bonds. The van der Waals surface area contributed by atoms with Crippen LogP contribution in [0, 0.1) is 0 Å². The molecule has 80 valence electrons. The molecule has 0 heterocycles. The summed E-state index contributed by atoms with van der Waals surface area (Å²) in [4.78, 5) is 2.31. The summed E-state index contributed by atoms with van der Waals surface area (Å²) in [6, 6.07) is 0.916. The number of nitrogens with two attached hydrogens (primary N) is 1. The van der Waals surface area contributed by atoms with Crippen LogP contribution in [-0.4, -0.2) is 44.3 Å². The van der Waals surface area contributed by atoms with Gasteiger partial charge in [-0.05, 0) is 33.7 Å². The second-order valence-corrected chi connectivity index (χ2v) is 3.88. The Morgan fingerprint density at radius 3 is 2.38 bits per heavy atom. The quantitative estimate of drug-likeness (QED) is 0.650. The average Bonchev–Trinajstić information content (AvgIpc) is 2.10. The third-order valence-electron chi connectivity index (χ3n) is 2.44. The predicted octanol–water partition coefficient (Wildman–Crippen LogP) is 1.08. The fourth-order valence-corrected chi connectivity index (χ4v) is 1.18. The standard InChI is InChI=1S/C10H24N2O/c1-9(11)5-6-10(2)12(3)7-8-13-4/h9-10H,5-8,11H2,1-4H3/t9-,10?/m0/s1. The van der Waals surface area contributed by atoms with Gasteiger partial charge in [-0.15, -0.1) is 0 Å². The highest BCUT2D eigenvalue weighted by atomic mass is 16.5. The molecule has 0 bridgehead atoms. The fraction of sp³-hybridized carbons (Fsp3) is 1.00. The normalized spacial score (nSPS) is 16.2. The third kappa shape index (κ3) is 6.99. The average molecular weight is 188 g/mol. The van der Waals surface area contributed by atoms with Crippen LogP contribution in [0.5, 0.6) is 0 Å². The van der Waals surface area contributed by atoms with Gasteiger partial charge in [-0.1, -0.05) is 0 Å². The van der Waals surface area contributed by atoms with Gasteiger partial charge in [0, 0.05) is 25.7 Å². The van der Waals surface area contributed by atoms with Crippen LogP contribution in [0.1, 0.15) is 26.7 Å². The van der Waals surface area contributed by atoms with Gasteiger partial charge in [0.15, 0.2) is 0 Å². The molecule has 0 rings (SSSR count). The molecule has 2 N–H and O–H groups in total. The van der Waals surface area contributed by atoms with Crippen LogP contribution in [0.4, 0.5) is 0 Å². The third-order valence-corrected chi connectivity index (χ3v) is 2.44. The number of hydrogen-bond acceptors (Lipinski definition) is 3. The van der Waals surface area contributed by atoms with Crippen molar-refractivity contribution in [2.75, 3.05) is 27.3 Å². The fourth-order valence-electron chi connectivity index (χ4n) is 1.18. The van der Waals surface area contributed by atoms with Gasteiger partial charge in [-0.25, -0.2) is 0 Å². The monoisotopic (exact) mass is 188 g/mol. The maximum atomic E-state index is 5.70. The van der Waals surface area contributed by atoms with Gasteiger partial charge in [0.25, 0.3) is 0 Å². The molecule has 0 saturated heterocycles. The second kappa shape index (κ2) is 7.30. The van der Waals surface area contributed by atoms with Crippen LogP contribution in [0.15, 0.2) is 0 Å². The number of likely N-dealkylation sites (N-methyl/N-ethyl adjacent to an activating group) is 1. The van der Waals surface area contributed by atoms with Crippen molar-refractivity contribution < 1.29 is 4.74 Å². The van der Waals surface area contributed by atoms with Crippen LogP contribution >= 0.6 is 0 Å². The van der Waals surface area contributed by atoms with Gasteiger partial charge < -0.3 is 15.4 Å². The van der Waals surface area contributed by atoms with Crippen molar-refractivity contribution in [3.8, 4) is 0 Å². The molecule has 1 unspecified atom stereocenters. The van der Waals surface area contributed by atoms with E-state index < -0.39 is 0 Å². The molecule has 0 aliphatic carbocycles. The Balaban J connectivity index is 3.50. The molecule has 0 aliphatic heterocycles. The molecule has 0 saturated carbocycles. The molecule has 0 aliphatic rings. The van der Waals surface area contributed by atoms with Crippen molar-refractivity contribution >= 4 is 0 Å². The van der Waals surface area contributed by atoms with E-state index in [0.717, 1.165) is 26.0 Å². The molecule has 13 heavy (non-hydrogen) atoms. The molecule has 0 aromatic rings. The summed E-state index contributed by atoms with van der Waals surface area (Å²) in [6.07, 6.45) is 2.26. The molecule has 0 aromatic heterocycles. The van der Waals surface area contributed by atoms with Gasteiger partial charge in [0.2, 0.25) is 0 Å². The lowest BCUT2D eigenvalue weighted by molar-refractivity contribution is 0.139. The Morgan fingerprint density at radius 2 is 1.92 bits per heavy atom. The predicted molar refractivity (Wildman–Crippen MR) is 56.9 cm³/mol. The number of ether oxygens (including phenoxy) is 1. The SMILES string of the molecule is COCCN(C)C(C)CC[C@H](C)N. The summed E-state index contributed by atoms with van der Waals surface area (Å²) in [5.41, 5.74) is 5.70. The van der Waals surface area contributed by atoms with Crippen molar-refractivity contribution in [3.63, 3.8) is 0 Å². The van der Waals surface area contributed by atoms with Crippen LogP contribution in [0.3, 0.4) is 0 Å². The first kappa shape index (κ1) is 12.9. The topological polar surface area (TPSA) is 38.5 Å². The van der Waals surface area contributed by atoms with Gasteiger partial charge in [0.05, 0.1) is 6.61 Å². The Kier molecular flexibility index (Phi) is 7.23. The smallest absolute Gasteiger partial charge is 0.0589 e. The minimum absolute atomic E-state index is 0.318. The van der Waals surface area contributed by atoms with E-state index in [9.17, 15) is 0 Å². The van der Waals surface area contributed by atoms with E-state index in [2.05, 4.69) is 25.8 Å². The van der Waals surface area contributed by atoms with E-state index in [0.29, 0.717) is 12.1 Å². The lowest BCUT2D eigenvalue weighted by atomic mass is 10.1. The zero-order valence-electron chi connectivity index (χ0n) is 9.42. The van der Waals surface area contributed by atoms with E-state index in [1.807, 2.05) is 0 Å². The molecular weight excluding hydrogens is 164 g/mol. The second-order valence-electron chi connectivity index (χ2n) is 3.88. The van der Waals surface area contributed by atoms with Gasteiger partial charge in [-0.2, -0.15) is 0 Å². The van der Waals surface area contributed by atoms with E-state index in [4.69, 9.17) is 10.5 Å². The largest absolute Gasteiger partial charge is 0.383 e. The first-order chi connectivity index (χ1) is 6.07. The summed E-state index contributed by atoms with van der Waals surface area (Å²) in [5.74, 6) is 0. The number of hydrogen-bond donors (Lipinski definition) is 1. The van der Waals surface area contributed by atoms with Gasteiger partial charge in [0.1, 0.15) is 0 Å². The molecule has 3 nitrogen and oxygen atoms in total. The molecule has 0 spiro atoms. The van der Waals surface area contributed by atoms with Crippen molar-refractivity contribution in [1.29, 1.82) is 0 Å². The van der Waals surface area contributed by atoms with E-state index >= 15 is 0 Å². The van der Waals surface area contributed by atoms with E-state index in [1.165, 1.54) is 0 Å². The van der Waals surface area contributed by atoms with Gasteiger partial charge >= 0.3 is 0 Å². The van der Waals surface area contributed by atoms with Crippen molar-refractivity contribution in [2.24, 2.45) is 5.73 Å². The van der Waals surface area contributed by atoms with Crippen molar-refractivity contribution in [1.82, 2.24) is 4.90 Å². The Bertz CT molecular complexity index is 117. The Hall–Kier alpha value is -0.120. The summed E-state index contributed by atoms with van der Waals surface area (Å²) in [5, 5.41) is 0. The maximum Gasteiger partial charge on any atom is 0.0589 e. The molecule has 2 atom stereocenters. The van der Waals surface area contributed by atoms with Crippen molar-refractivity contribution in [3.05, 3.63) is 0 Å². The van der Waals surface area contributed by atoms with Crippen LogP contribution in [0.2, 0.25) is 0 Å². The molecule has 0 radical (unpaired) electrons. The lowest BCUT2D eigenvalue weighted by Crippen LogP contribution is -2.33. The van der Waals surface area contributed by atoms with Crippen LogP contribution < -0.4 is 5.73 Å². The highest BCUT2D eigenvalue weighted by Gasteiger charge is 2.08. The van der Waals surface area contributed by atoms with Crippen LogP contribution in [0.25, 0.3) is 0 Å². The minimum Gasteiger partial charge on any atom is -0.383 e. The first-order valence-corrected chi connectivity index (χ1v) is 5.02. The summed E-state index contributed by atoms with van der Waals surface area (Å²) in [6.45, 7) is 6.09. The highest BCUT2D eigenvalue weighted by Crippen LogP contribution is 2.05. The Labute approximate surface area is 82.2 Å². The summed E-state index contributed by atoms with van der Waals surface area (Å²) >= 11 is 0. The maximum absolute atomic E-state index is 5.70. The lowest BCUT2D eigenvalue weighted by Gasteiger charge is -2.24. The summed E-state index contributed by atoms with van der Waals surface area (Å²) in [7, 11) is 3.87. The molecule has 3 heteroatoms. The zero-order valence-corrected chi connectivity index (χ0v) is 9.42. The van der Waals surface area contributed by atoms with Crippen molar-refractivity contribution in [2.45, 2.75) is 38.8 Å².